The molecule has 1 amide bonds. The van der Waals surface area contributed by atoms with Crippen molar-refractivity contribution in [3.63, 3.8) is 0 Å². The van der Waals surface area contributed by atoms with Gasteiger partial charge in [0.15, 0.2) is 0 Å². The number of carbonyl (C=O) groups excluding carboxylic acids is 1. The van der Waals surface area contributed by atoms with Crippen molar-refractivity contribution >= 4 is 38.9 Å². The van der Waals surface area contributed by atoms with E-state index >= 15 is 0 Å². The first-order valence-electron chi connectivity index (χ1n) is 6.43. The molecule has 1 atom stereocenters. The molecule has 19 heavy (non-hydrogen) atoms. The SMILES string of the molecule is O=C(N[C@@H]1CCCNC1)c1cc2ccc(Cl)cc2s1. The van der Waals surface area contributed by atoms with E-state index in [1.165, 1.54) is 11.3 Å². The molecule has 2 N–H and O–H groups in total. The lowest BCUT2D eigenvalue weighted by Gasteiger charge is -2.23. The Kier molecular flexibility index (Phi) is 3.73. The number of rotatable bonds is 2. The molecule has 0 bridgehead atoms. The van der Waals surface area contributed by atoms with Crippen molar-refractivity contribution in [3.05, 3.63) is 34.2 Å². The van der Waals surface area contributed by atoms with Crippen LogP contribution in [0.3, 0.4) is 0 Å². The van der Waals surface area contributed by atoms with Gasteiger partial charge in [0.05, 0.1) is 4.88 Å². The number of amides is 1. The van der Waals surface area contributed by atoms with Crippen LogP contribution in [0.2, 0.25) is 5.02 Å². The molecule has 1 aromatic carbocycles. The number of hydrogen-bond acceptors (Lipinski definition) is 3. The van der Waals surface area contributed by atoms with Gasteiger partial charge in [-0.3, -0.25) is 4.79 Å². The van der Waals surface area contributed by atoms with E-state index in [0.29, 0.717) is 5.02 Å². The summed E-state index contributed by atoms with van der Waals surface area (Å²) in [5.74, 6) is 0.0195. The van der Waals surface area contributed by atoms with Crippen LogP contribution in [0, 0.1) is 0 Å². The minimum Gasteiger partial charge on any atom is -0.347 e. The van der Waals surface area contributed by atoms with Crippen LogP contribution in [-0.2, 0) is 0 Å². The maximum Gasteiger partial charge on any atom is 0.261 e. The summed E-state index contributed by atoms with van der Waals surface area (Å²) < 4.78 is 1.06. The molecule has 0 radical (unpaired) electrons. The summed E-state index contributed by atoms with van der Waals surface area (Å²) in [5, 5.41) is 8.16. The van der Waals surface area contributed by atoms with E-state index < -0.39 is 0 Å². The molecular formula is C14H15ClN2OS. The smallest absolute Gasteiger partial charge is 0.261 e. The van der Waals surface area contributed by atoms with E-state index in [1.807, 2.05) is 24.3 Å². The highest BCUT2D eigenvalue weighted by Crippen LogP contribution is 2.28. The van der Waals surface area contributed by atoms with Crippen LogP contribution in [0.1, 0.15) is 22.5 Å². The number of piperidine rings is 1. The Labute approximate surface area is 121 Å². The molecule has 2 heterocycles. The number of halogens is 1. The molecule has 0 saturated carbocycles. The van der Waals surface area contributed by atoms with Gasteiger partial charge in [0.2, 0.25) is 0 Å². The van der Waals surface area contributed by atoms with Crippen LogP contribution in [0.15, 0.2) is 24.3 Å². The molecule has 1 aliphatic heterocycles. The van der Waals surface area contributed by atoms with Gasteiger partial charge in [0, 0.05) is 22.3 Å². The minimum absolute atomic E-state index is 0.0195. The van der Waals surface area contributed by atoms with Crippen molar-refractivity contribution in [3.8, 4) is 0 Å². The van der Waals surface area contributed by atoms with Crippen LogP contribution in [0.4, 0.5) is 0 Å². The highest BCUT2D eigenvalue weighted by molar-refractivity contribution is 7.20. The Hall–Kier alpha value is -1.10. The van der Waals surface area contributed by atoms with Gasteiger partial charge in [-0.05, 0) is 43.0 Å². The number of nitrogens with one attached hydrogen (secondary N) is 2. The predicted octanol–water partition coefficient (Wildman–Crippen LogP) is 3.04. The molecule has 3 rings (SSSR count). The summed E-state index contributed by atoms with van der Waals surface area (Å²) in [5.41, 5.74) is 0. The van der Waals surface area contributed by atoms with Crippen LogP contribution >= 0.6 is 22.9 Å². The van der Waals surface area contributed by atoms with E-state index in [0.717, 1.165) is 40.9 Å². The van der Waals surface area contributed by atoms with E-state index in [1.54, 1.807) is 0 Å². The third-order valence-electron chi connectivity index (χ3n) is 3.34. The summed E-state index contributed by atoms with van der Waals surface area (Å²) in [7, 11) is 0. The van der Waals surface area contributed by atoms with Crippen LogP contribution in [0.25, 0.3) is 10.1 Å². The van der Waals surface area contributed by atoms with Gasteiger partial charge >= 0.3 is 0 Å². The predicted molar refractivity (Wildman–Crippen MR) is 80.2 cm³/mol. The summed E-state index contributed by atoms with van der Waals surface area (Å²) in [6.07, 6.45) is 2.17. The normalized spacial score (nSPS) is 19.5. The largest absolute Gasteiger partial charge is 0.347 e. The molecular weight excluding hydrogens is 280 g/mol. The summed E-state index contributed by atoms with van der Waals surface area (Å²) in [6.45, 7) is 1.91. The van der Waals surface area contributed by atoms with Gasteiger partial charge in [-0.25, -0.2) is 0 Å². The third-order valence-corrected chi connectivity index (χ3v) is 4.67. The average molecular weight is 295 g/mol. The third kappa shape index (κ3) is 2.91. The van der Waals surface area contributed by atoms with Gasteiger partial charge < -0.3 is 10.6 Å². The second kappa shape index (κ2) is 5.49. The summed E-state index contributed by atoms with van der Waals surface area (Å²) in [6, 6.07) is 7.88. The Morgan fingerprint density at radius 3 is 3.11 bits per heavy atom. The van der Waals surface area contributed by atoms with Gasteiger partial charge in [-0.15, -0.1) is 11.3 Å². The number of benzene rings is 1. The second-order valence-corrected chi connectivity index (χ2v) is 6.33. The van der Waals surface area contributed by atoms with E-state index in [2.05, 4.69) is 10.6 Å². The molecule has 3 nitrogen and oxygen atoms in total. The quantitative estimate of drug-likeness (QED) is 0.894. The fourth-order valence-electron chi connectivity index (χ4n) is 2.35. The molecule has 100 valence electrons. The van der Waals surface area contributed by atoms with Gasteiger partial charge in [-0.1, -0.05) is 17.7 Å². The van der Waals surface area contributed by atoms with Crippen molar-refractivity contribution in [1.29, 1.82) is 0 Å². The summed E-state index contributed by atoms with van der Waals surface area (Å²) in [4.78, 5) is 13.0. The average Bonchev–Trinajstić information content (AvgIpc) is 2.83. The Bertz CT molecular complexity index is 605. The van der Waals surface area contributed by atoms with Crippen LogP contribution in [-0.4, -0.2) is 25.0 Å². The Balaban J connectivity index is 1.77. The maximum atomic E-state index is 12.2. The zero-order valence-electron chi connectivity index (χ0n) is 10.4. The number of carbonyl (C=O) groups is 1. The monoisotopic (exact) mass is 294 g/mol. The molecule has 0 unspecified atom stereocenters. The summed E-state index contributed by atoms with van der Waals surface area (Å²) >= 11 is 7.45. The minimum atomic E-state index is 0.0195. The lowest BCUT2D eigenvalue weighted by Crippen LogP contribution is -2.45. The second-order valence-electron chi connectivity index (χ2n) is 4.81. The molecule has 5 heteroatoms. The first-order chi connectivity index (χ1) is 9.22. The standard InChI is InChI=1S/C14H15ClN2OS/c15-10-4-3-9-6-13(19-12(9)7-10)14(18)17-11-2-1-5-16-8-11/h3-4,6-7,11,16H,1-2,5,8H2,(H,17,18)/t11-/m1/s1. The van der Waals surface area contributed by atoms with E-state index in [-0.39, 0.29) is 11.9 Å². The highest BCUT2D eigenvalue weighted by atomic mass is 35.5. The fraction of sp³-hybridized carbons (Fsp3) is 0.357. The number of hydrogen-bond donors (Lipinski definition) is 2. The maximum absolute atomic E-state index is 12.2. The molecule has 2 aromatic rings. The van der Waals surface area contributed by atoms with E-state index in [4.69, 9.17) is 11.6 Å². The van der Waals surface area contributed by atoms with Crippen molar-refractivity contribution in [2.24, 2.45) is 0 Å². The zero-order valence-corrected chi connectivity index (χ0v) is 12.0. The van der Waals surface area contributed by atoms with Crippen molar-refractivity contribution in [1.82, 2.24) is 10.6 Å². The van der Waals surface area contributed by atoms with Crippen molar-refractivity contribution in [2.45, 2.75) is 18.9 Å². The molecule has 0 aliphatic carbocycles. The lowest BCUT2D eigenvalue weighted by atomic mass is 10.1. The fourth-order valence-corrected chi connectivity index (χ4v) is 3.59. The molecule has 1 aromatic heterocycles. The number of fused-ring (bicyclic) bond motifs is 1. The molecule has 1 fully saturated rings. The Morgan fingerprint density at radius 1 is 1.42 bits per heavy atom. The topological polar surface area (TPSA) is 41.1 Å². The van der Waals surface area contributed by atoms with Gasteiger partial charge in [-0.2, -0.15) is 0 Å². The zero-order chi connectivity index (χ0) is 13.2. The van der Waals surface area contributed by atoms with Crippen LogP contribution < -0.4 is 10.6 Å². The molecule has 1 aliphatic rings. The van der Waals surface area contributed by atoms with Crippen molar-refractivity contribution in [2.75, 3.05) is 13.1 Å². The highest BCUT2D eigenvalue weighted by Gasteiger charge is 2.17. The lowest BCUT2D eigenvalue weighted by molar-refractivity contribution is 0.0935. The van der Waals surface area contributed by atoms with Gasteiger partial charge in [0.25, 0.3) is 5.91 Å². The van der Waals surface area contributed by atoms with E-state index in [9.17, 15) is 4.79 Å². The van der Waals surface area contributed by atoms with Crippen molar-refractivity contribution < 1.29 is 4.79 Å². The molecule has 0 spiro atoms. The molecule has 1 saturated heterocycles. The Morgan fingerprint density at radius 2 is 2.32 bits per heavy atom. The first-order valence-corrected chi connectivity index (χ1v) is 7.62. The number of thiophene rings is 1. The first kappa shape index (κ1) is 12.9. The van der Waals surface area contributed by atoms with Gasteiger partial charge in [0.1, 0.15) is 0 Å². The van der Waals surface area contributed by atoms with Crippen LogP contribution in [0.5, 0.6) is 0 Å².